The third-order valence-corrected chi connectivity index (χ3v) is 14.6. The van der Waals surface area contributed by atoms with Gasteiger partial charge in [0.15, 0.2) is 16.9 Å². The quantitative estimate of drug-likeness (QED) is 0.0336. The Morgan fingerprint density at radius 1 is 0.841 bits per heavy atom. The molecule has 2 amide bonds. The number of ether oxygens (including phenoxy) is 1. The Bertz CT molecular complexity index is 2620. The van der Waals surface area contributed by atoms with E-state index in [4.69, 9.17) is 15.3 Å². The first kappa shape index (κ1) is 41.7. The molecule has 2 aromatic heterocycles. The van der Waals surface area contributed by atoms with Gasteiger partial charge in [-0.05, 0) is 22.7 Å². The van der Waals surface area contributed by atoms with Gasteiger partial charge in [0.25, 0.3) is 11.8 Å². The minimum absolute atomic E-state index is 0.136. The summed E-state index contributed by atoms with van der Waals surface area (Å²) in [7, 11) is 0. The van der Waals surface area contributed by atoms with Gasteiger partial charge in [-0.3, -0.25) is 14.5 Å². The lowest BCUT2D eigenvalue weighted by Gasteiger charge is -2.49. The standard InChI is InChI=1S/C47H37N7O5S4/c48-46-50-36(28-62-46)38(52-59-47(32-20-10-3-11-21-32,33-22-12-4-13-23-33)34-24-14-5-15-25-34)42(55)51-39-43(56)54-40(37(29-61-44(39)54)60-27-35-26-49-53-63-35)45(57)58-41(30-16-6-1-7-17-30)31-18-8-2-9-19-31/h1-26,28,39,41,44H,27,29H2,(H2,48,50)(H,51,55)/b52-38-/t39-,44+/m1/s1. The molecule has 0 unspecified atom stereocenters. The summed E-state index contributed by atoms with van der Waals surface area (Å²) >= 11 is 5.27. The molecule has 2 atom stereocenters. The Labute approximate surface area is 379 Å². The second-order valence-corrected chi connectivity index (χ2v) is 18.2. The summed E-state index contributed by atoms with van der Waals surface area (Å²) < 4.78 is 10.3. The average Bonchev–Trinajstić information content (AvgIpc) is 4.03. The maximum absolute atomic E-state index is 14.6. The van der Waals surface area contributed by atoms with Gasteiger partial charge < -0.3 is 20.6 Å². The summed E-state index contributed by atoms with van der Waals surface area (Å²) in [5.74, 6) is -0.976. The number of thiazole rings is 1. The summed E-state index contributed by atoms with van der Waals surface area (Å²) in [4.78, 5) is 57.7. The highest BCUT2D eigenvalue weighted by molar-refractivity contribution is 8.05. The average molecular weight is 908 g/mol. The van der Waals surface area contributed by atoms with E-state index in [-0.39, 0.29) is 22.2 Å². The number of rotatable bonds is 15. The van der Waals surface area contributed by atoms with Gasteiger partial charge in [0.1, 0.15) is 22.8 Å². The number of aromatic nitrogens is 3. The first-order valence-electron chi connectivity index (χ1n) is 19.7. The first-order valence-corrected chi connectivity index (χ1v) is 23.4. The number of anilines is 1. The molecule has 0 radical (unpaired) electrons. The smallest absolute Gasteiger partial charge is 0.356 e. The number of carbonyl (C=O) groups excluding carboxylic acids is 3. The van der Waals surface area contributed by atoms with Gasteiger partial charge in [-0.1, -0.05) is 161 Å². The molecule has 2 aliphatic heterocycles. The number of β-lactam (4-membered cyclic amide) rings is 1. The van der Waals surface area contributed by atoms with Crippen molar-refractivity contribution in [1.82, 2.24) is 24.8 Å². The van der Waals surface area contributed by atoms with Crippen LogP contribution in [0.25, 0.3) is 0 Å². The van der Waals surface area contributed by atoms with Crippen molar-refractivity contribution < 1.29 is 24.0 Å². The Morgan fingerprint density at radius 3 is 1.90 bits per heavy atom. The van der Waals surface area contributed by atoms with Crippen molar-refractivity contribution in [3.05, 3.63) is 212 Å². The normalized spacial score (nSPS) is 16.3. The predicted octanol–water partition coefficient (Wildman–Crippen LogP) is 8.17. The van der Waals surface area contributed by atoms with E-state index in [0.29, 0.717) is 16.4 Å². The van der Waals surface area contributed by atoms with Gasteiger partial charge in [0.2, 0.25) is 5.60 Å². The van der Waals surface area contributed by atoms with Crippen LogP contribution in [-0.2, 0) is 35.3 Å². The van der Waals surface area contributed by atoms with E-state index in [1.807, 2.05) is 152 Å². The number of oxime groups is 1. The molecular formula is C47H37N7O5S4. The molecule has 2 aliphatic rings. The van der Waals surface area contributed by atoms with Crippen LogP contribution in [-0.4, -0.2) is 60.1 Å². The SMILES string of the molecule is Nc1nc(/C(=N/OC(c2ccccc2)(c2ccccc2)c2ccccc2)C(=O)N[C@@H]2C(=O)N3C(C(=O)OC(c4ccccc4)c4ccccc4)=C(SCc4cnns4)CS[C@@H]23)cs1. The molecule has 3 N–H and O–H groups in total. The zero-order chi connectivity index (χ0) is 43.2. The van der Waals surface area contributed by atoms with Gasteiger partial charge in [-0.2, -0.15) is 0 Å². The number of nitrogen functional groups attached to an aromatic ring is 1. The maximum Gasteiger partial charge on any atom is 0.356 e. The van der Waals surface area contributed by atoms with E-state index in [1.54, 1.807) is 11.6 Å². The number of fused-ring (bicyclic) bond motifs is 1. The van der Waals surface area contributed by atoms with Gasteiger partial charge in [-0.25, -0.2) is 9.78 Å². The van der Waals surface area contributed by atoms with Crippen LogP contribution in [0.3, 0.4) is 0 Å². The second kappa shape index (κ2) is 18.8. The number of nitrogens with zero attached hydrogens (tertiary/aromatic N) is 5. The van der Waals surface area contributed by atoms with Crippen molar-refractivity contribution in [3.8, 4) is 0 Å². The first-order chi connectivity index (χ1) is 30.9. The van der Waals surface area contributed by atoms with Crippen LogP contribution in [0.15, 0.2) is 179 Å². The fourth-order valence-corrected chi connectivity index (χ4v) is 11.1. The van der Waals surface area contributed by atoms with Crippen LogP contribution in [0.2, 0.25) is 0 Å². The lowest BCUT2D eigenvalue weighted by atomic mass is 9.80. The third kappa shape index (κ3) is 8.62. The molecule has 12 nitrogen and oxygen atoms in total. The van der Waals surface area contributed by atoms with Crippen molar-refractivity contribution >= 4 is 75.0 Å². The van der Waals surface area contributed by atoms with E-state index in [1.165, 1.54) is 40.0 Å². The van der Waals surface area contributed by atoms with Crippen molar-refractivity contribution in [2.75, 3.05) is 11.5 Å². The monoisotopic (exact) mass is 907 g/mol. The number of hydrogen-bond acceptors (Lipinski definition) is 14. The van der Waals surface area contributed by atoms with Crippen molar-refractivity contribution in [3.63, 3.8) is 0 Å². The number of carbonyl (C=O) groups is 3. The van der Waals surface area contributed by atoms with Gasteiger partial charge >= 0.3 is 5.97 Å². The Morgan fingerprint density at radius 2 is 1.40 bits per heavy atom. The zero-order valence-corrected chi connectivity index (χ0v) is 36.5. The summed E-state index contributed by atoms with van der Waals surface area (Å²) in [6, 6.07) is 46.8. The van der Waals surface area contributed by atoms with E-state index in [2.05, 4.69) is 25.0 Å². The molecule has 0 bridgehead atoms. The summed E-state index contributed by atoms with van der Waals surface area (Å²) in [6.45, 7) is 0. The highest BCUT2D eigenvalue weighted by Crippen LogP contribution is 2.46. The zero-order valence-electron chi connectivity index (χ0n) is 33.2. The van der Waals surface area contributed by atoms with Crippen molar-refractivity contribution in [1.29, 1.82) is 0 Å². The highest BCUT2D eigenvalue weighted by Gasteiger charge is 2.55. The fraction of sp³-hybridized carbons (Fsp3) is 0.128. The van der Waals surface area contributed by atoms with Crippen LogP contribution in [0.1, 0.15) is 44.5 Å². The number of hydrogen-bond donors (Lipinski definition) is 2. The Balaban J connectivity index is 1.04. The van der Waals surface area contributed by atoms with Crippen LogP contribution in [0.5, 0.6) is 0 Å². The van der Waals surface area contributed by atoms with Crippen LogP contribution < -0.4 is 11.1 Å². The molecule has 4 heterocycles. The van der Waals surface area contributed by atoms with Crippen molar-refractivity contribution in [2.24, 2.45) is 5.16 Å². The molecular weight excluding hydrogens is 871 g/mol. The highest BCUT2D eigenvalue weighted by atomic mass is 32.2. The maximum atomic E-state index is 14.6. The second-order valence-electron chi connectivity index (χ2n) is 14.3. The topological polar surface area (TPSA) is 162 Å². The molecule has 0 spiro atoms. The summed E-state index contributed by atoms with van der Waals surface area (Å²) in [5, 5.41) is 12.7. The Hall–Kier alpha value is -6.59. The lowest BCUT2D eigenvalue weighted by Crippen LogP contribution is -2.71. The summed E-state index contributed by atoms with van der Waals surface area (Å²) in [5.41, 5.74) is 8.76. The molecule has 0 aliphatic carbocycles. The van der Waals surface area contributed by atoms with Crippen LogP contribution in [0, 0.1) is 0 Å². The molecule has 9 rings (SSSR count). The van der Waals surface area contributed by atoms with E-state index in [0.717, 1.165) is 44.0 Å². The number of benzene rings is 5. The molecule has 1 saturated heterocycles. The molecule has 5 aromatic carbocycles. The largest absolute Gasteiger partial charge is 0.448 e. The molecule has 7 aromatic rings. The van der Waals surface area contributed by atoms with Crippen LogP contribution >= 0.6 is 46.4 Å². The van der Waals surface area contributed by atoms with Gasteiger partial charge in [0, 0.05) is 38.5 Å². The lowest BCUT2D eigenvalue weighted by molar-refractivity contribution is -0.154. The number of esters is 1. The van der Waals surface area contributed by atoms with E-state index >= 15 is 0 Å². The predicted molar refractivity (Wildman–Crippen MR) is 247 cm³/mol. The number of nitrogens with one attached hydrogen (secondary N) is 1. The molecule has 63 heavy (non-hydrogen) atoms. The third-order valence-electron chi connectivity index (χ3n) is 10.4. The Kier molecular flexibility index (Phi) is 12.5. The summed E-state index contributed by atoms with van der Waals surface area (Å²) in [6.07, 6.45) is 0.932. The molecule has 16 heteroatoms. The number of amides is 2. The molecule has 314 valence electrons. The van der Waals surface area contributed by atoms with Crippen molar-refractivity contribution in [2.45, 2.75) is 28.9 Å². The van der Waals surface area contributed by atoms with Crippen LogP contribution in [0.4, 0.5) is 5.13 Å². The van der Waals surface area contributed by atoms with Gasteiger partial charge in [-0.15, -0.1) is 40.0 Å². The molecule has 0 saturated carbocycles. The number of nitrogens with two attached hydrogens (primary N) is 1. The van der Waals surface area contributed by atoms with E-state index < -0.39 is 40.9 Å². The minimum atomic E-state index is -1.31. The molecule has 1 fully saturated rings. The minimum Gasteiger partial charge on any atom is -0.448 e. The number of thioether (sulfide) groups is 2. The van der Waals surface area contributed by atoms with E-state index in [9.17, 15) is 14.4 Å². The fourth-order valence-electron chi connectivity index (χ4n) is 7.45. The van der Waals surface area contributed by atoms with Gasteiger partial charge in [0.05, 0.1) is 11.1 Å².